The molecule has 0 spiro atoms. The van der Waals surface area contributed by atoms with E-state index in [-0.39, 0.29) is 0 Å². The Morgan fingerprint density at radius 3 is 2.33 bits per heavy atom. The number of likely N-dealkylation sites (N-methyl/N-ethyl adjacent to an activating group) is 1. The quantitative estimate of drug-likeness (QED) is 0.427. The molecule has 2 aliphatic rings. The van der Waals surface area contributed by atoms with Gasteiger partial charge in [0.05, 0.1) is 13.2 Å². The molecule has 0 aromatic rings. The van der Waals surface area contributed by atoms with Crippen LogP contribution in [0.25, 0.3) is 0 Å². The molecule has 2 saturated heterocycles. The second kappa shape index (κ2) is 7.80. The summed E-state index contributed by atoms with van der Waals surface area (Å²) in [5, 5.41) is 38.2. The van der Waals surface area contributed by atoms with E-state index in [0.717, 1.165) is 26.2 Å². The van der Waals surface area contributed by atoms with Gasteiger partial charge in [0.15, 0.2) is 6.29 Å². The Labute approximate surface area is 124 Å². The maximum absolute atomic E-state index is 9.83. The largest absolute Gasteiger partial charge is 0.394 e. The number of rotatable bonds is 5. The van der Waals surface area contributed by atoms with Gasteiger partial charge in [-0.05, 0) is 7.05 Å². The van der Waals surface area contributed by atoms with Crippen molar-refractivity contribution in [3.05, 3.63) is 0 Å². The number of aliphatic hydroxyl groups excluding tert-OH is 4. The minimum atomic E-state index is -1.38. The normalized spacial score (nSPS) is 39.6. The number of ether oxygens (including phenoxy) is 2. The lowest BCUT2D eigenvalue weighted by molar-refractivity contribution is -0.301. The van der Waals surface area contributed by atoms with Crippen LogP contribution in [0.2, 0.25) is 0 Å². The summed E-state index contributed by atoms with van der Waals surface area (Å²) in [5.41, 5.74) is 0. The van der Waals surface area contributed by atoms with Crippen LogP contribution in [-0.4, -0.2) is 114 Å². The van der Waals surface area contributed by atoms with Gasteiger partial charge >= 0.3 is 0 Å². The van der Waals surface area contributed by atoms with E-state index in [1.54, 1.807) is 0 Å². The molecule has 8 heteroatoms. The first kappa shape index (κ1) is 17.0. The Morgan fingerprint density at radius 1 is 1.05 bits per heavy atom. The number of piperazine rings is 1. The third kappa shape index (κ3) is 4.33. The molecule has 0 bridgehead atoms. The molecule has 0 aromatic carbocycles. The average molecular weight is 306 g/mol. The van der Waals surface area contributed by atoms with Crippen molar-refractivity contribution in [2.24, 2.45) is 0 Å². The van der Waals surface area contributed by atoms with Crippen LogP contribution >= 0.6 is 0 Å². The van der Waals surface area contributed by atoms with Crippen LogP contribution in [0.5, 0.6) is 0 Å². The van der Waals surface area contributed by atoms with Gasteiger partial charge in [0.25, 0.3) is 0 Å². The molecule has 2 aliphatic heterocycles. The average Bonchev–Trinajstić information content (AvgIpc) is 2.49. The molecule has 2 rings (SSSR count). The highest BCUT2D eigenvalue weighted by Gasteiger charge is 2.43. The first-order valence-electron chi connectivity index (χ1n) is 7.36. The van der Waals surface area contributed by atoms with Gasteiger partial charge < -0.3 is 34.8 Å². The zero-order valence-electron chi connectivity index (χ0n) is 12.3. The Hall–Kier alpha value is -0.320. The fraction of sp³-hybridized carbons (Fsp3) is 1.00. The summed E-state index contributed by atoms with van der Waals surface area (Å²) in [5.74, 6) is 0. The minimum absolute atomic E-state index is 0.354. The molecular weight excluding hydrogens is 280 g/mol. The number of hydrogen-bond donors (Lipinski definition) is 4. The van der Waals surface area contributed by atoms with Gasteiger partial charge in [0.2, 0.25) is 0 Å². The maximum Gasteiger partial charge on any atom is 0.186 e. The summed E-state index contributed by atoms with van der Waals surface area (Å²) in [4.78, 5) is 4.51. The smallest absolute Gasteiger partial charge is 0.186 e. The van der Waals surface area contributed by atoms with Gasteiger partial charge in [-0.15, -0.1) is 0 Å². The molecule has 2 heterocycles. The third-order valence-corrected chi connectivity index (χ3v) is 4.13. The molecule has 0 amide bonds. The van der Waals surface area contributed by atoms with Crippen molar-refractivity contribution in [2.75, 3.05) is 53.0 Å². The lowest BCUT2D eigenvalue weighted by atomic mass is 9.99. The van der Waals surface area contributed by atoms with Gasteiger partial charge in [0, 0.05) is 32.7 Å². The van der Waals surface area contributed by atoms with Crippen molar-refractivity contribution in [1.29, 1.82) is 0 Å². The zero-order valence-corrected chi connectivity index (χ0v) is 12.3. The van der Waals surface area contributed by atoms with Crippen molar-refractivity contribution in [2.45, 2.75) is 30.7 Å². The van der Waals surface area contributed by atoms with E-state index >= 15 is 0 Å². The van der Waals surface area contributed by atoms with Crippen LogP contribution < -0.4 is 0 Å². The van der Waals surface area contributed by atoms with E-state index in [0.29, 0.717) is 13.2 Å². The Bertz CT molecular complexity index is 311. The standard InChI is InChI=1S/C13H26N2O6/c1-14-2-4-15(5-3-14)6-7-20-13-12(19)11(18)10(17)9(8-16)21-13/h9-13,16-19H,2-8H2,1H3/t9-,10-,11+,12-,13?/m1/s1. The highest BCUT2D eigenvalue weighted by molar-refractivity contribution is 4.88. The molecule has 0 aliphatic carbocycles. The molecule has 8 nitrogen and oxygen atoms in total. The predicted octanol–water partition coefficient (Wildman–Crippen LogP) is -2.95. The lowest BCUT2D eigenvalue weighted by Crippen LogP contribution is -2.59. The molecule has 5 atom stereocenters. The van der Waals surface area contributed by atoms with Crippen LogP contribution in [0.3, 0.4) is 0 Å². The SMILES string of the molecule is CN1CCN(CCOC2O[C@H](CO)[C@@H](O)[C@H](O)[C@H]2O)CC1. The molecule has 4 N–H and O–H groups in total. The van der Waals surface area contributed by atoms with E-state index in [4.69, 9.17) is 14.6 Å². The van der Waals surface area contributed by atoms with E-state index in [1.807, 2.05) is 0 Å². The molecule has 0 radical (unpaired) electrons. The molecule has 1 unspecified atom stereocenters. The zero-order chi connectivity index (χ0) is 15.4. The van der Waals surface area contributed by atoms with E-state index in [2.05, 4.69) is 16.8 Å². The van der Waals surface area contributed by atoms with Crippen molar-refractivity contribution in [3.8, 4) is 0 Å². The van der Waals surface area contributed by atoms with Gasteiger partial charge in [0.1, 0.15) is 24.4 Å². The molecule has 0 aromatic heterocycles. The number of aliphatic hydroxyl groups is 4. The topological polar surface area (TPSA) is 106 Å². The van der Waals surface area contributed by atoms with E-state index in [9.17, 15) is 15.3 Å². The third-order valence-electron chi connectivity index (χ3n) is 4.13. The monoisotopic (exact) mass is 306 g/mol. The fourth-order valence-electron chi connectivity index (χ4n) is 2.57. The molecule has 2 fully saturated rings. The van der Waals surface area contributed by atoms with Crippen LogP contribution in [0.1, 0.15) is 0 Å². The minimum Gasteiger partial charge on any atom is -0.394 e. The van der Waals surface area contributed by atoms with E-state index < -0.39 is 37.3 Å². The van der Waals surface area contributed by atoms with Gasteiger partial charge in [-0.3, -0.25) is 4.90 Å². The predicted molar refractivity (Wildman–Crippen MR) is 73.7 cm³/mol. The van der Waals surface area contributed by atoms with Crippen LogP contribution in [0, 0.1) is 0 Å². The summed E-state index contributed by atoms with van der Waals surface area (Å²) in [6.45, 7) is 4.59. The van der Waals surface area contributed by atoms with Crippen LogP contribution in [0.15, 0.2) is 0 Å². The summed E-state index contributed by atoms with van der Waals surface area (Å²) in [6.07, 6.45) is -6.01. The van der Waals surface area contributed by atoms with Crippen molar-refractivity contribution in [1.82, 2.24) is 9.80 Å². The highest BCUT2D eigenvalue weighted by atomic mass is 16.7. The fourth-order valence-corrected chi connectivity index (χ4v) is 2.57. The van der Waals surface area contributed by atoms with Crippen LogP contribution in [0.4, 0.5) is 0 Å². The second-order valence-corrected chi connectivity index (χ2v) is 5.71. The Morgan fingerprint density at radius 2 is 1.71 bits per heavy atom. The highest BCUT2D eigenvalue weighted by Crippen LogP contribution is 2.21. The number of nitrogens with zero attached hydrogens (tertiary/aromatic N) is 2. The van der Waals surface area contributed by atoms with Gasteiger partial charge in [-0.1, -0.05) is 0 Å². The first-order valence-corrected chi connectivity index (χ1v) is 7.36. The summed E-state index contributed by atoms with van der Waals surface area (Å²) in [6, 6.07) is 0. The molecule has 21 heavy (non-hydrogen) atoms. The molecule has 0 saturated carbocycles. The molecular formula is C13H26N2O6. The summed E-state index contributed by atoms with van der Waals surface area (Å²) in [7, 11) is 2.09. The van der Waals surface area contributed by atoms with Gasteiger partial charge in [-0.25, -0.2) is 0 Å². The second-order valence-electron chi connectivity index (χ2n) is 5.71. The Balaban J connectivity index is 1.74. The van der Waals surface area contributed by atoms with E-state index in [1.165, 1.54) is 0 Å². The summed E-state index contributed by atoms with van der Waals surface area (Å²) >= 11 is 0. The molecule has 124 valence electrons. The van der Waals surface area contributed by atoms with Crippen molar-refractivity contribution < 1.29 is 29.9 Å². The Kier molecular flexibility index (Phi) is 6.33. The van der Waals surface area contributed by atoms with Gasteiger partial charge in [-0.2, -0.15) is 0 Å². The van der Waals surface area contributed by atoms with Crippen molar-refractivity contribution >= 4 is 0 Å². The number of hydrogen-bond acceptors (Lipinski definition) is 8. The van der Waals surface area contributed by atoms with Crippen LogP contribution in [-0.2, 0) is 9.47 Å². The first-order chi connectivity index (χ1) is 10.0. The lowest BCUT2D eigenvalue weighted by Gasteiger charge is -2.40. The van der Waals surface area contributed by atoms with Crippen molar-refractivity contribution in [3.63, 3.8) is 0 Å². The maximum atomic E-state index is 9.83. The summed E-state index contributed by atoms with van der Waals surface area (Å²) < 4.78 is 10.7.